The molecule has 1 spiro atoms. The van der Waals surface area contributed by atoms with Gasteiger partial charge in [-0.25, -0.2) is 0 Å². The van der Waals surface area contributed by atoms with Crippen LogP contribution in [-0.4, -0.2) is 40.7 Å². The summed E-state index contributed by atoms with van der Waals surface area (Å²) in [6.07, 6.45) is 4.15. The molecule has 1 aliphatic carbocycles. The molecule has 1 saturated heterocycles. The molecule has 128 valence electrons. The van der Waals surface area contributed by atoms with Crippen molar-refractivity contribution in [2.24, 2.45) is 5.92 Å². The predicted octanol–water partition coefficient (Wildman–Crippen LogP) is 2.26. The van der Waals surface area contributed by atoms with Crippen molar-refractivity contribution in [3.8, 4) is 0 Å². The minimum atomic E-state index is -0.399. The molecule has 0 bridgehead atoms. The first-order valence-corrected chi connectivity index (χ1v) is 8.66. The fourth-order valence-corrected chi connectivity index (χ4v) is 3.45. The van der Waals surface area contributed by atoms with Gasteiger partial charge in [-0.1, -0.05) is 6.92 Å². The molecular formula is C17H27N3O3. The van der Waals surface area contributed by atoms with Crippen molar-refractivity contribution in [1.29, 1.82) is 0 Å². The second-order valence-electron chi connectivity index (χ2n) is 6.84. The predicted molar refractivity (Wildman–Crippen MR) is 86.2 cm³/mol. The Morgan fingerprint density at radius 2 is 2.22 bits per heavy atom. The van der Waals surface area contributed by atoms with Crippen LogP contribution in [-0.2, 0) is 16.0 Å². The van der Waals surface area contributed by atoms with Gasteiger partial charge in [-0.15, -0.1) is 0 Å². The first kappa shape index (κ1) is 16.5. The molecule has 1 N–H and O–H groups in total. The van der Waals surface area contributed by atoms with Crippen LogP contribution in [0.25, 0.3) is 0 Å². The third kappa shape index (κ3) is 3.58. The van der Waals surface area contributed by atoms with Gasteiger partial charge >= 0.3 is 0 Å². The first-order chi connectivity index (χ1) is 11.0. The average molecular weight is 321 g/mol. The summed E-state index contributed by atoms with van der Waals surface area (Å²) in [7, 11) is 0. The van der Waals surface area contributed by atoms with Crippen molar-refractivity contribution >= 4 is 5.91 Å². The Bertz CT molecular complexity index is 561. The fourth-order valence-electron chi connectivity index (χ4n) is 3.45. The van der Waals surface area contributed by atoms with Gasteiger partial charge in [0.05, 0.1) is 12.3 Å². The molecule has 2 aliphatic rings. The molecule has 1 aromatic rings. The van der Waals surface area contributed by atoms with Crippen molar-refractivity contribution in [3.05, 3.63) is 17.5 Å². The van der Waals surface area contributed by atoms with E-state index in [2.05, 4.69) is 17.3 Å². The Morgan fingerprint density at radius 1 is 1.48 bits per heavy atom. The zero-order valence-electron chi connectivity index (χ0n) is 14.3. The lowest BCUT2D eigenvalue weighted by Gasteiger charge is -2.34. The van der Waals surface area contributed by atoms with E-state index in [1.807, 2.05) is 19.9 Å². The highest BCUT2D eigenvalue weighted by molar-refractivity contribution is 5.92. The number of aromatic nitrogens is 2. The standard InChI is InChI=1S/C17H27N3O3/c1-4-20-15(9-13(3)19-20)16(21)18-10-14-11-22-17(23-14)7-5-12(2)6-8-17/h9,12,14H,4-8,10-11H2,1-3H3,(H,18,21)/t12?,14-,17?/m1/s1. The minimum Gasteiger partial charge on any atom is -0.348 e. The number of rotatable bonds is 4. The van der Waals surface area contributed by atoms with Gasteiger partial charge in [-0.3, -0.25) is 9.48 Å². The van der Waals surface area contributed by atoms with Crippen LogP contribution in [0.2, 0.25) is 0 Å². The maximum atomic E-state index is 12.3. The van der Waals surface area contributed by atoms with Crippen LogP contribution in [0.4, 0.5) is 0 Å². The SMILES string of the molecule is CCn1nc(C)cc1C(=O)NC[C@@H]1COC2(CCC(C)CC2)O1. The Balaban J connectivity index is 1.52. The van der Waals surface area contributed by atoms with Gasteiger partial charge in [0.2, 0.25) is 0 Å². The molecule has 1 aromatic heterocycles. The normalized spacial score (nSPS) is 30.7. The lowest BCUT2D eigenvalue weighted by molar-refractivity contribution is -0.191. The smallest absolute Gasteiger partial charge is 0.269 e. The third-order valence-electron chi connectivity index (χ3n) is 4.87. The maximum absolute atomic E-state index is 12.3. The van der Waals surface area contributed by atoms with Gasteiger partial charge < -0.3 is 14.8 Å². The number of amides is 1. The lowest BCUT2D eigenvalue weighted by atomic mass is 9.86. The van der Waals surface area contributed by atoms with E-state index in [0.29, 0.717) is 25.4 Å². The first-order valence-electron chi connectivity index (χ1n) is 8.66. The van der Waals surface area contributed by atoms with E-state index in [1.165, 1.54) is 0 Å². The number of nitrogens with one attached hydrogen (secondary N) is 1. The number of hydrogen-bond donors (Lipinski definition) is 1. The van der Waals surface area contributed by atoms with Crippen molar-refractivity contribution in [2.75, 3.05) is 13.2 Å². The zero-order chi connectivity index (χ0) is 16.4. The Kier molecular flexibility index (Phi) is 4.73. The summed E-state index contributed by atoms with van der Waals surface area (Å²) in [5.41, 5.74) is 1.46. The molecule has 6 nitrogen and oxygen atoms in total. The van der Waals surface area contributed by atoms with Gasteiger partial charge in [0.1, 0.15) is 11.8 Å². The summed E-state index contributed by atoms with van der Waals surface area (Å²) in [6, 6.07) is 1.81. The Labute approximate surface area is 137 Å². The van der Waals surface area contributed by atoms with Crippen LogP contribution in [0.5, 0.6) is 0 Å². The second-order valence-corrected chi connectivity index (χ2v) is 6.84. The summed E-state index contributed by atoms with van der Waals surface area (Å²) in [5, 5.41) is 7.26. The van der Waals surface area contributed by atoms with Crippen molar-refractivity contribution in [2.45, 2.75) is 64.9 Å². The number of aryl methyl sites for hydroxylation is 2. The number of carbonyl (C=O) groups is 1. The van der Waals surface area contributed by atoms with Crippen LogP contribution in [0.3, 0.4) is 0 Å². The van der Waals surface area contributed by atoms with E-state index >= 15 is 0 Å². The Hall–Kier alpha value is -1.40. The third-order valence-corrected chi connectivity index (χ3v) is 4.87. The van der Waals surface area contributed by atoms with Crippen LogP contribution < -0.4 is 5.32 Å². The lowest BCUT2D eigenvalue weighted by Crippen LogP contribution is -2.38. The molecule has 0 unspecified atom stereocenters. The van der Waals surface area contributed by atoms with Gasteiger partial charge in [-0.2, -0.15) is 5.10 Å². The van der Waals surface area contributed by atoms with Gasteiger partial charge in [0.25, 0.3) is 5.91 Å². The van der Waals surface area contributed by atoms with E-state index in [9.17, 15) is 4.79 Å². The summed E-state index contributed by atoms with van der Waals surface area (Å²) >= 11 is 0. The van der Waals surface area contributed by atoms with Gasteiger partial charge in [0.15, 0.2) is 5.79 Å². The molecule has 23 heavy (non-hydrogen) atoms. The molecule has 1 atom stereocenters. The van der Waals surface area contributed by atoms with Crippen LogP contribution in [0, 0.1) is 12.8 Å². The fraction of sp³-hybridized carbons (Fsp3) is 0.765. The topological polar surface area (TPSA) is 65.4 Å². The molecule has 3 rings (SSSR count). The highest BCUT2D eigenvalue weighted by atomic mass is 16.7. The zero-order valence-corrected chi connectivity index (χ0v) is 14.3. The van der Waals surface area contributed by atoms with E-state index in [4.69, 9.17) is 9.47 Å². The molecule has 6 heteroatoms. The molecule has 2 fully saturated rings. The van der Waals surface area contributed by atoms with Crippen molar-refractivity contribution < 1.29 is 14.3 Å². The van der Waals surface area contributed by atoms with E-state index in [-0.39, 0.29) is 12.0 Å². The number of nitrogens with zero attached hydrogens (tertiary/aromatic N) is 2. The molecule has 2 heterocycles. The number of carbonyl (C=O) groups excluding carboxylic acids is 1. The Morgan fingerprint density at radius 3 is 2.91 bits per heavy atom. The van der Waals surface area contributed by atoms with Gasteiger partial charge in [0, 0.05) is 25.9 Å². The number of hydrogen-bond acceptors (Lipinski definition) is 4. The monoisotopic (exact) mass is 321 g/mol. The summed E-state index contributed by atoms with van der Waals surface area (Å²) < 4.78 is 13.8. The highest BCUT2D eigenvalue weighted by Crippen LogP contribution is 2.39. The van der Waals surface area contributed by atoms with Crippen LogP contribution in [0.15, 0.2) is 6.07 Å². The van der Waals surface area contributed by atoms with Crippen LogP contribution in [0.1, 0.15) is 55.7 Å². The minimum absolute atomic E-state index is 0.0635. The van der Waals surface area contributed by atoms with Crippen molar-refractivity contribution in [3.63, 3.8) is 0 Å². The number of ether oxygens (including phenoxy) is 2. The molecule has 1 amide bonds. The molecular weight excluding hydrogens is 294 g/mol. The summed E-state index contributed by atoms with van der Waals surface area (Å²) in [5.74, 6) is 0.252. The van der Waals surface area contributed by atoms with Crippen LogP contribution >= 0.6 is 0 Å². The van der Waals surface area contributed by atoms with Gasteiger partial charge in [-0.05, 0) is 38.7 Å². The largest absolute Gasteiger partial charge is 0.348 e. The molecule has 0 aromatic carbocycles. The van der Waals surface area contributed by atoms with E-state index in [1.54, 1.807) is 4.68 Å². The summed E-state index contributed by atoms with van der Waals surface area (Å²) in [6.45, 7) is 7.86. The second kappa shape index (κ2) is 6.61. The molecule has 0 radical (unpaired) electrons. The van der Waals surface area contributed by atoms with E-state index < -0.39 is 5.79 Å². The maximum Gasteiger partial charge on any atom is 0.269 e. The molecule has 1 aliphatic heterocycles. The highest BCUT2D eigenvalue weighted by Gasteiger charge is 2.43. The van der Waals surface area contributed by atoms with E-state index in [0.717, 1.165) is 37.3 Å². The van der Waals surface area contributed by atoms with Crippen molar-refractivity contribution in [1.82, 2.24) is 15.1 Å². The quantitative estimate of drug-likeness (QED) is 0.924. The average Bonchev–Trinajstić information content (AvgIpc) is 3.12. The molecule has 1 saturated carbocycles. The summed E-state index contributed by atoms with van der Waals surface area (Å²) in [4.78, 5) is 12.3.